The van der Waals surface area contributed by atoms with Crippen molar-refractivity contribution in [3.63, 3.8) is 0 Å². The Bertz CT molecular complexity index is 569. The molecule has 1 aliphatic rings. The Kier molecular flexibility index (Phi) is 5.37. The molecular weight excluding hydrogens is 296 g/mol. The lowest BCUT2D eigenvalue weighted by molar-refractivity contribution is 0.0392. The fourth-order valence-corrected chi connectivity index (χ4v) is 3.46. The van der Waals surface area contributed by atoms with Gasteiger partial charge in [0.2, 0.25) is 5.13 Å². The summed E-state index contributed by atoms with van der Waals surface area (Å²) >= 11 is 1.67. The molecule has 0 N–H and O–H groups in total. The largest absolute Gasteiger partial charge is 0.379 e. The zero-order valence-electron chi connectivity index (χ0n) is 12.9. The number of benzene rings is 1. The minimum absolute atomic E-state index is 0.850. The van der Waals surface area contributed by atoms with Crippen molar-refractivity contribution in [1.29, 1.82) is 0 Å². The first-order valence-electron chi connectivity index (χ1n) is 7.81. The molecular formula is C16H22N4OS. The maximum absolute atomic E-state index is 5.39. The van der Waals surface area contributed by atoms with Crippen molar-refractivity contribution in [3.8, 4) is 10.6 Å². The fraction of sp³-hybridized carbons (Fsp3) is 0.500. The normalized spacial score (nSPS) is 15.9. The average Bonchev–Trinajstić information content (AvgIpc) is 3.07. The zero-order chi connectivity index (χ0) is 15.2. The summed E-state index contributed by atoms with van der Waals surface area (Å²) < 4.78 is 5.39. The number of hydrogen-bond donors (Lipinski definition) is 0. The van der Waals surface area contributed by atoms with E-state index < -0.39 is 0 Å². The van der Waals surface area contributed by atoms with E-state index in [0.29, 0.717) is 0 Å². The van der Waals surface area contributed by atoms with Gasteiger partial charge in [0.25, 0.3) is 0 Å². The Morgan fingerprint density at radius 2 is 1.95 bits per heavy atom. The third kappa shape index (κ3) is 3.82. The Balaban J connectivity index is 1.62. The maximum Gasteiger partial charge on any atom is 0.208 e. The molecule has 0 bridgehead atoms. The highest BCUT2D eigenvalue weighted by atomic mass is 32.1. The molecule has 1 aromatic heterocycles. The number of rotatable bonds is 6. The van der Waals surface area contributed by atoms with Crippen LogP contribution in [0.5, 0.6) is 0 Å². The van der Waals surface area contributed by atoms with Crippen LogP contribution in [0, 0.1) is 0 Å². The van der Waals surface area contributed by atoms with Crippen LogP contribution in [0.1, 0.15) is 6.92 Å². The van der Waals surface area contributed by atoms with E-state index in [9.17, 15) is 0 Å². The van der Waals surface area contributed by atoms with Crippen LogP contribution in [0.25, 0.3) is 10.6 Å². The van der Waals surface area contributed by atoms with Gasteiger partial charge in [-0.1, -0.05) is 41.7 Å². The second-order valence-electron chi connectivity index (χ2n) is 5.29. The van der Waals surface area contributed by atoms with Crippen LogP contribution < -0.4 is 4.90 Å². The number of aromatic nitrogens is 2. The molecule has 22 heavy (non-hydrogen) atoms. The molecule has 0 unspecified atom stereocenters. The van der Waals surface area contributed by atoms with Gasteiger partial charge in [-0.2, -0.15) is 0 Å². The highest BCUT2D eigenvalue weighted by Gasteiger charge is 2.15. The van der Waals surface area contributed by atoms with Gasteiger partial charge in [0, 0.05) is 38.3 Å². The summed E-state index contributed by atoms with van der Waals surface area (Å²) in [6.07, 6.45) is 0. The van der Waals surface area contributed by atoms with E-state index in [1.165, 1.54) is 0 Å². The Morgan fingerprint density at radius 3 is 2.68 bits per heavy atom. The minimum Gasteiger partial charge on any atom is -0.379 e. The number of morpholine rings is 1. The number of hydrogen-bond acceptors (Lipinski definition) is 6. The molecule has 2 heterocycles. The van der Waals surface area contributed by atoms with Gasteiger partial charge in [-0.25, -0.2) is 0 Å². The lowest BCUT2D eigenvalue weighted by Gasteiger charge is -2.29. The lowest BCUT2D eigenvalue weighted by Crippen LogP contribution is -2.41. The quantitative estimate of drug-likeness (QED) is 0.818. The summed E-state index contributed by atoms with van der Waals surface area (Å²) in [7, 11) is 0. The zero-order valence-corrected chi connectivity index (χ0v) is 13.8. The van der Waals surface area contributed by atoms with Gasteiger partial charge < -0.3 is 9.64 Å². The van der Waals surface area contributed by atoms with Gasteiger partial charge in [0.1, 0.15) is 5.01 Å². The van der Waals surface area contributed by atoms with Gasteiger partial charge in [0.05, 0.1) is 13.2 Å². The van der Waals surface area contributed by atoms with E-state index in [4.69, 9.17) is 4.74 Å². The SMILES string of the molecule is CCN(CCN1CCOCC1)c1nnc(-c2ccccc2)s1. The molecule has 1 aliphatic heterocycles. The molecule has 1 fully saturated rings. The Hall–Kier alpha value is -1.50. The molecule has 2 aromatic rings. The van der Waals surface area contributed by atoms with Crippen molar-refractivity contribution in [3.05, 3.63) is 30.3 Å². The van der Waals surface area contributed by atoms with Gasteiger partial charge in [-0.05, 0) is 6.92 Å². The highest BCUT2D eigenvalue weighted by Crippen LogP contribution is 2.28. The van der Waals surface area contributed by atoms with Crippen LogP contribution in [-0.4, -0.2) is 61.0 Å². The summed E-state index contributed by atoms with van der Waals surface area (Å²) in [6, 6.07) is 10.2. The number of ether oxygens (including phenoxy) is 1. The van der Waals surface area contributed by atoms with Crippen LogP contribution in [0.2, 0.25) is 0 Å². The standard InChI is InChI=1S/C16H22N4OS/c1-2-20(9-8-19-10-12-21-13-11-19)16-18-17-15(22-16)14-6-4-3-5-7-14/h3-7H,2,8-13H2,1H3. The second kappa shape index (κ2) is 7.67. The van der Waals surface area contributed by atoms with Crippen molar-refractivity contribution in [1.82, 2.24) is 15.1 Å². The summed E-state index contributed by atoms with van der Waals surface area (Å²) in [5.74, 6) is 0. The van der Waals surface area contributed by atoms with Crippen molar-refractivity contribution < 1.29 is 4.74 Å². The number of likely N-dealkylation sites (N-methyl/N-ethyl adjacent to an activating group) is 1. The lowest BCUT2D eigenvalue weighted by atomic mass is 10.2. The molecule has 0 amide bonds. The molecule has 0 saturated carbocycles. The van der Waals surface area contributed by atoms with Gasteiger partial charge in [0.15, 0.2) is 0 Å². The Morgan fingerprint density at radius 1 is 1.18 bits per heavy atom. The van der Waals surface area contributed by atoms with E-state index in [0.717, 1.165) is 61.6 Å². The third-order valence-electron chi connectivity index (χ3n) is 3.88. The van der Waals surface area contributed by atoms with Crippen molar-refractivity contribution >= 4 is 16.5 Å². The van der Waals surface area contributed by atoms with E-state index in [-0.39, 0.29) is 0 Å². The first-order chi connectivity index (χ1) is 10.9. The maximum atomic E-state index is 5.39. The van der Waals surface area contributed by atoms with Crippen LogP contribution in [0.4, 0.5) is 5.13 Å². The first kappa shape index (κ1) is 15.4. The van der Waals surface area contributed by atoms with Crippen LogP contribution in [-0.2, 0) is 4.74 Å². The summed E-state index contributed by atoms with van der Waals surface area (Å²) in [4.78, 5) is 4.75. The monoisotopic (exact) mass is 318 g/mol. The molecule has 1 saturated heterocycles. The van der Waals surface area contributed by atoms with E-state index >= 15 is 0 Å². The van der Waals surface area contributed by atoms with Gasteiger partial charge in [-0.15, -0.1) is 10.2 Å². The minimum atomic E-state index is 0.850. The van der Waals surface area contributed by atoms with Crippen molar-refractivity contribution in [2.24, 2.45) is 0 Å². The average molecular weight is 318 g/mol. The van der Waals surface area contributed by atoms with E-state index in [1.54, 1.807) is 11.3 Å². The predicted octanol–water partition coefficient (Wildman–Crippen LogP) is 2.36. The van der Waals surface area contributed by atoms with Gasteiger partial charge >= 0.3 is 0 Å². The summed E-state index contributed by atoms with van der Waals surface area (Å²) in [6.45, 7) is 8.92. The molecule has 1 aromatic carbocycles. The molecule has 3 rings (SSSR count). The molecule has 0 aliphatic carbocycles. The van der Waals surface area contributed by atoms with Crippen LogP contribution in [0.15, 0.2) is 30.3 Å². The molecule has 118 valence electrons. The van der Waals surface area contributed by atoms with Crippen LogP contribution >= 0.6 is 11.3 Å². The van der Waals surface area contributed by atoms with Crippen molar-refractivity contribution in [2.75, 3.05) is 50.8 Å². The molecule has 6 heteroatoms. The molecule has 0 atom stereocenters. The smallest absolute Gasteiger partial charge is 0.208 e. The molecule has 0 radical (unpaired) electrons. The van der Waals surface area contributed by atoms with Gasteiger partial charge in [-0.3, -0.25) is 4.90 Å². The first-order valence-corrected chi connectivity index (χ1v) is 8.62. The summed E-state index contributed by atoms with van der Waals surface area (Å²) in [5, 5.41) is 10.7. The third-order valence-corrected chi connectivity index (χ3v) is 4.91. The van der Waals surface area contributed by atoms with Crippen molar-refractivity contribution in [2.45, 2.75) is 6.92 Å². The highest BCUT2D eigenvalue weighted by molar-refractivity contribution is 7.18. The number of nitrogens with zero attached hydrogens (tertiary/aromatic N) is 4. The number of anilines is 1. The fourth-order valence-electron chi connectivity index (χ4n) is 2.52. The predicted molar refractivity (Wildman–Crippen MR) is 90.5 cm³/mol. The summed E-state index contributed by atoms with van der Waals surface area (Å²) in [5.41, 5.74) is 1.13. The topological polar surface area (TPSA) is 41.5 Å². The van der Waals surface area contributed by atoms with E-state index in [1.807, 2.05) is 18.2 Å². The molecule has 0 spiro atoms. The molecule has 5 nitrogen and oxygen atoms in total. The second-order valence-corrected chi connectivity index (χ2v) is 6.25. The van der Waals surface area contributed by atoms with E-state index in [2.05, 4.69) is 39.1 Å². The Labute approximate surface area is 135 Å². The van der Waals surface area contributed by atoms with Crippen LogP contribution in [0.3, 0.4) is 0 Å².